The molecule has 1 saturated carbocycles. The third-order valence-corrected chi connectivity index (χ3v) is 7.36. The third-order valence-electron chi connectivity index (χ3n) is 6.54. The Morgan fingerprint density at radius 2 is 1.82 bits per heavy atom. The number of carbonyl (C=O) groups excluding carboxylic acids is 1. The molecule has 1 aliphatic heterocycles. The fourth-order valence-corrected chi connectivity index (χ4v) is 5.37. The van der Waals surface area contributed by atoms with Gasteiger partial charge in [0.15, 0.2) is 0 Å². The highest BCUT2D eigenvalue weighted by Gasteiger charge is 2.31. The van der Waals surface area contributed by atoms with Gasteiger partial charge < -0.3 is 4.74 Å². The number of amides is 1. The number of piperidine rings is 1. The first-order chi connectivity index (χ1) is 16.4. The number of nitrogens with zero attached hydrogens (tertiary/aromatic N) is 1. The summed E-state index contributed by atoms with van der Waals surface area (Å²) < 4.78 is 37.2. The summed E-state index contributed by atoms with van der Waals surface area (Å²) in [5.41, 5.74) is 1.74. The van der Waals surface area contributed by atoms with Crippen LogP contribution < -0.4 is 9.46 Å². The standard InChI is InChI=1S/C25H28Cl2F2N2O2S/c1-34-30-25(32)21-11-20(16-2-3-16)24(12-22(21)29)33-14-15-4-6-31(7-5-15)23(13-28)17-8-18(26)10-19(27)9-17/h8-12,15-16,23H,2-7,13-14H2,1H3,(H,30,32). The van der Waals surface area contributed by atoms with Gasteiger partial charge in [-0.1, -0.05) is 35.1 Å². The first-order valence-corrected chi connectivity index (χ1v) is 13.4. The molecule has 1 aliphatic carbocycles. The SMILES string of the molecule is CSNC(=O)c1cc(C2CC2)c(OCC2CCN(C(CF)c3cc(Cl)cc(Cl)c3)CC2)cc1F. The topological polar surface area (TPSA) is 41.6 Å². The van der Waals surface area contributed by atoms with Crippen LogP contribution in [0.1, 0.15) is 59.1 Å². The molecule has 0 radical (unpaired) electrons. The van der Waals surface area contributed by atoms with Gasteiger partial charge in [0, 0.05) is 22.4 Å². The number of likely N-dealkylation sites (tertiary alicyclic amines) is 1. The Labute approximate surface area is 213 Å². The molecule has 2 aromatic carbocycles. The van der Waals surface area contributed by atoms with Crippen LogP contribution in [0.3, 0.4) is 0 Å². The number of halogens is 4. The van der Waals surface area contributed by atoms with E-state index in [1.54, 1.807) is 30.5 Å². The summed E-state index contributed by atoms with van der Waals surface area (Å²) in [6.45, 7) is 1.40. The summed E-state index contributed by atoms with van der Waals surface area (Å²) in [6, 6.07) is 7.78. The third kappa shape index (κ3) is 6.17. The molecule has 2 aliphatic rings. The average Bonchev–Trinajstić information content (AvgIpc) is 3.64. The lowest BCUT2D eigenvalue weighted by molar-refractivity contribution is 0.0933. The van der Waals surface area contributed by atoms with Crippen molar-refractivity contribution in [2.75, 3.05) is 32.6 Å². The van der Waals surface area contributed by atoms with Gasteiger partial charge in [0.05, 0.1) is 18.2 Å². The van der Waals surface area contributed by atoms with Crippen molar-refractivity contribution in [1.29, 1.82) is 0 Å². The maximum absolute atomic E-state index is 14.6. The summed E-state index contributed by atoms with van der Waals surface area (Å²) in [6.07, 6.45) is 5.45. The summed E-state index contributed by atoms with van der Waals surface area (Å²) in [4.78, 5) is 14.3. The molecule has 1 unspecified atom stereocenters. The summed E-state index contributed by atoms with van der Waals surface area (Å²) in [5, 5.41) is 1.000. The van der Waals surface area contributed by atoms with Crippen molar-refractivity contribution in [3.8, 4) is 5.75 Å². The zero-order valence-corrected chi connectivity index (χ0v) is 21.3. The molecule has 1 atom stereocenters. The number of hydrogen-bond donors (Lipinski definition) is 1. The second-order valence-electron chi connectivity index (χ2n) is 8.94. The predicted molar refractivity (Wildman–Crippen MR) is 134 cm³/mol. The lowest BCUT2D eigenvalue weighted by Crippen LogP contribution is -2.39. The maximum atomic E-state index is 14.6. The van der Waals surface area contributed by atoms with Crippen molar-refractivity contribution in [1.82, 2.24) is 9.62 Å². The molecule has 1 heterocycles. The monoisotopic (exact) mass is 528 g/mol. The van der Waals surface area contributed by atoms with Gasteiger partial charge in [0.1, 0.15) is 18.2 Å². The van der Waals surface area contributed by atoms with Crippen LogP contribution in [0.15, 0.2) is 30.3 Å². The number of alkyl halides is 1. The second-order valence-corrected chi connectivity index (χ2v) is 10.4. The Balaban J connectivity index is 1.37. The zero-order valence-electron chi connectivity index (χ0n) is 19.0. The number of rotatable bonds is 9. The summed E-state index contributed by atoms with van der Waals surface area (Å²) in [5.74, 6) is 0.112. The molecular weight excluding hydrogens is 501 g/mol. The lowest BCUT2D eigenvalue weighted by atomic mass is 9.95. The molecule has 4 nitrogen and oxygen atoms in total. The van der Waals surface area contributed by atoms with E-state index in [9.17, 15) is 13.6 Å². The highest BCUT2D eigenvalue weighted by molar-refractivity contribution is 7.97. The average molecular weight is 529 g/mol. The molecule has 0 bridgehead atoms. The minimum Gasteiger partial charge on any atom is -0.493 e. The van der Waals surface area contributed by atoms with Crippen LogP contribution in [0, 0.1) is 11.7 Å². The van der Waals surface area contributed by atoms with Gasteiger partial charge in [0.2, 0.25) is 0 Å². The molecule has 34 heavy (non-hydrogen) atoms. The minimum absolute atomic E-state index is 0.0512. The highest BCUT2D eigenvalue weighted by atomic mass is 35.5. The van der Waals surface area contributed by atoms with E-state index in [0.717, 1.165) is 61.8 Å². The Hall–Kier alpha value is -1.54. The normalized spacial score (nSPS) is 18.0. The number of benzene rings is 2. The highest BCUT2D eigenvalue weighted by Crippen LogP contribution is 2.45. The van der Waals surface area contributed by atoms with Crippen molar-refractivity contribution in [2.45, 2.75) is 37.6 Å². The van der Waals surface area contributed by atoms with E-state index in [1.807, 2.05) is 0 Å². The second kappa shape index (κ2) is 11.5. The van der Waals surface area contributed by atoms with Crippen molar-refractivity contribution in [3.63, 3.8) is 0 Å². The molecule has 1 amide bonds. The Kier molecular flexibility index (Phi) is 8.61. The van der Waals surface area contributed by atoms with Crippen LogP contribution in [0.2, 0.25) is 10.0 Å². The largest absolute Gasteiger partial charge is 0.493 e. The molecule has 2 fully saturated rings. The lowest BCUT2D eigenvalue weighted by Gasteiger charge is -2.36. The van der Waals surface area contributed by atoms with Crippen LogP contribution in [0.4, 0.5) is 8.78 Å². The quantitative estimate of drug-likeness (QED) is 0.362. The van der Waals surface area contributed by atoms with Crippen LogP contribution in [-0.4, -0.2) is 43.4 Å². The molecule has 1 N–H and O–H groups in total. The molecule has 2 aromatic rings. The molecule has 1 saturated heterocycles. The molecule has 184 valence electrons. The summed E-state index contributed by atoms with van der Waals surface area (Å²) >= 11 is 13.4. The molecular formula is C25H28Cl2F2N2O2S. The number of carbonyl (C=O) groups is 1. The number of hydrogen-bond acceptors (Lipinski definition) is 4. The molecule has 9 heteroatoms. The fraction of sp³-hybridized carbons (Fsp3) is 0.480. The van der Waals surface area contributed by atoms with Crippen molar-refractivity contribution in [2.24, 2.45) is 5.92 Å². The van der Waals surface area contributed by atoms with Crippen LogP contribution in [-0.2, 0) is 0 Å². The van der Waals surface area contributed by atoms with Gasteiger partial charge in [0.25, 0.3) is 5.91 Å². The first-order valence-electron chi connectivity index (χ1n) is 11.4. The smallest absolute Gasteiger partial charge is 0.264 e. The van der Waals surface area contributed by atoms with Crippen molar-refractivity contribution in [3.05, 3.63) is 62.9 Å². The fourth-order valence-electron chi connectivity index (χ4n) is 4.54. The van der Waals surface area contributed by atoms with E-state index in [2.05, 4.69) is 9.62 Å². The van der Waals surface area contributed by atoms with Crippen molar-refractivity contribution < 1.29 is 18.3 Å². The van der Waals surface area contributed by atoms with E-state index in [-0.39, 0.29) is 17.5 Å². The van der Waals surface area contributed by atoms with Crippen LogP contribution in [0.5, 0.6) is 5.75 Å². The number of nitrogens with one attached hydrogen (secondary N) is 1. The first kappa shape index (κ1) is 25.5. The van der Waals surface area contributed by atoms with Gasteiger partial charge in [-0.05, 0) is 86.0 Å². The van der Waals surface area contributed by atoms with Crippen molar-refractivity contribution >= 4 is 41.1 Å². The Morgan fingerprint density at radius 1 is 1.15 bits per heavy atom. The Morgan fingerprint density at radius 3 is 2.41 bits per heavy atom. The zero-order chi connectivity index (χ0) is 24.2. The van der Waals surface area contributed by atoms with Gasteiger partial charge in [-0.15, -0.1) is 0 Å². The Bertz CT molecular complexity index is 1010. The maximum Gasteiger partial charge on any atom is 0.264 e. The minimum atomic E-state index is -0.577. The van der Waals surface area contributed by atoms with Gasteiger partial charge in [-0.3, -0.25) is 14.4 Å². The van der Waals surface area contributed by atoms with E-state index in [4.69, 9.17) is 27.9 Å². The molecule has 4 rings (SSSR count). The van der Waals surface area contributed by atoms with Crippen LogP contribution >= 0.6 is 35.1 Å². The van der Waals surface area contributed by atoms with Gasteiger partial charge in [-0.2, -0.15) is 0 Å². The van der Waals surface area contributed by atoms with E-state index >= 15 is 0 Å². The van der Waals surface area contributed by atoms with Gasteiger partial charge in [-0.25, -0.2) is 8.78 Å². The van der Waals surface area contributed by atoms with E-state index in [0.29, 0.717) is 28.3 Å². The van der Waals surface area contributed by atoms with Crippen LogP contribution in [0.25, 0.3) is 0 Å². The molecule has 0 aromatic heterocycles. The number of ether oxygens (including phenoxy) is 1. The molecule has 0 spiro atoms. The summed E-state index contributed by atoms with van der Waals surface area (Å²) in [7, 11) is 0. The van der Waals surface area contributed by atoms with E-state index in [1.165, 1.54) is 6.07 Å². The van der Waals surface area contributed by atoms with Gasteiger partial charge >= 0.3 is 0 Å². The van der Waals surface area contributed by atoms with E-state index < -0.39 is 18.4 Å². The predicted octanol–water partition coefficient (Wildman–Crippen LogP) is 6.82.